The van der Waals surface area contributed by atoms with Crippen LogP contribution in [0.15, 0.2) is 18.2 Å². The molecule has 2 atom stereocenters. The molecule has 1 saturated heterocycles. The fourth-order valence-corrected chi connectivity index (χ4v) is 2.72. The summed E-state index contributed by atoms with van der Waals surface area (Å²) in [6.07, 6.45) is 2.41. The topological polar surface area (TPSA) is 15.3 Å². The molecule has 1 aromatic rings. The molecule has 1 heterocycles. The number of hydrogen-bond donors (Lipinski definition) is 1. The second-order valence-corrected chi connectivity index (χ2v) is 5.50. The Labute approximate surface area is 111 Å². The van der Waals surface area contributed by atoms with E-state index in [0.717, 1.165) is 13.1 Å². The van der Waals surface area contributed by atoms with Crippen LogP contribution in [0.5, 0.6) is 0 Å². The van der Waals surface area contributed by atoms with Crippen molar-refractivity contribution in [1.82, 2.24) is 5.32 Å². The van der Waals surface area contributed by atoms with Gasteiger partial charge in [0.2, 0.25) is 0 Å². The lowest BCUT2D eigenvalue weighted by Gasteiger charge is -2.41. The summed E-state index contributed by atoms with van der Waals surface area (Å²) in [5.74, 6) is 0. The van der Waals surface area contributed by atoms with Crippen LogP contribution < -0.4 is 10.2 Å². The van der Waals surface area contributed by atoms with Crippen LogP contribution in [0.1, 0.15) is 37.8 Å². The van der Waals surface area contributed by atoms with E-state index < -0.39 is 0 Å². The van der Waals surface area contributed by atoms with E-state index in [9.17, 15) is 0 Å². The molecule has 1 aromatic carbocycles. The van der Waals surface area contributed by atoms with Gasteiger partial charge in [0.25, 0.3) is 0 Å². The molecule has 2 heteroatoms. The molecule has 2 nitrogen and oxygen atoms in total. The number of nitrogens with one attached hydrogen (secondary N) is 1. The highest BCUT2D eigenvalue weighted by Crippen LogP contribution is 2.24. The van der Waals surface area contributed by atoms with E-state index in [4.69, 9.17) is 0 Å². The SMILES string of the molecule is CCC1CN(c2ccc(C)c(C)c2)C(CC)CN1. The minimum absolute atomic E-state index is 0.634. The van der Waals surface area contributed by atoms with Crippen LogP contribution >= 0.6 is 0 Å². The number of benzene rings is 1. The molecule has 0 amide bonds. The predicted molar refractivity (Wildman–Crippen MR) is 79.4 cm³/mol. The van der Waals surface area contributed by atoms with Gasteiger partial charge in [0.05, 0.1) is 0 Å². The van der Waals surface area contributed by atoms with Crippen LogP contribution in [-0.4, -0.2) is 25.2 Å². The average Bonchev–Trinajstić information content (AvgIpc) is 2.41. The average molecular weight is 246 g/mol. The summed E-state index contributed by atoms with van der Waals surface area (Å²) in [6.45, 7) is 11.2. The Kier molecular flexibility index (Phi) is 4.28. The van der Waals surface area contributed by atoms with Crippen molar-refractivity contribution in [2.24, 2.45) is 0 Å². The van der Waals surface area contributed by atoms with E-state index in [1.807, 2.05) is 0 Å². The van der Waals surface area contributed by atoms with Crippen molar-refractivity contribution in [3.63, 3.8) is 0 Å². The van der Waals surface area contributed by atoms with Crippen LogP contribution in [0.2, 0.25) is 0 Å². The first-order chi connectivity index (χ1) is 8.65. The summed E-state index contributed by atoms with van der Waals surface area (Å²) in [5, 5.41) is 3.65. The van der Waals surface area contributed by atoms with Gasteiger partial charge in [-0.15, -0.1) is 0 Å². The highest BCUT2D eigenvalue weighted by molar-refractivity contribution is 5.52. The van der Waals surface area contributed by atoms with E-state index in [0.29, 0.717) is 12.1 Å². The van der Waals surface area contributed by atoms with Crippen LogP contribution in [0, 0.1) is 13.8 Å². The van der Waals surface area contributed by atoms with Gasteiger partial charge in [-0.05, 0) is 49.9 Å². The monoisotopic (exact) mass is 246 g/mol. The minimum Gasteiger partial charge on any atom is -0.366 e. The molecular formula is C16H26N2. The van der Waals surface area contributed by atoms with Gasteiger partial charge in [-0.25, -0.2) is 0 Å². The number of anilines is 1. The maximum absolute atomic E-state index is 3.65. The van der Waals surface area contributed by atoms with E-state index >= 15 is 0 Å². The first kappa shape index (κ1) is 13.4. The van der Waals surface area contributed by atoms with Gasteiger partial charge in [-0.2, -0.15) is 0 Å². The zero-order chi connectivity index (χ0) is 13.1. The van der Waals surface area contributed by atoms with E-state index in [1.165, 1.54) is 29.7 Å². The molecule has 1 fully saturated rings. The Morgan fingerprint density at radius 1 is 1.17 bits per heavy atom. The van der Waals surface area contributed by atoms with Gasteiger partial charge in [0.1, 0.15) is 0 Å². The summed E-state index contributed by atoms with van der Waals surface area (Å²) in [7, 11) is 0. The van der Waals surface area contributed by atoms with Crippen LogP contribution in [-0.2, 0) is 0 Å². The lowest BCUT2D eigenvalue weighted by atomic mass is 10.0. The molecule has 0 radical (unpaired) electrons. The summed E-state index contributed by atoms with van der Waals surface area (Å²) in [4.78, 5) is 2.59. The Bertz CT molecular complexity index is 400. The molecular weight excluding hydrogens is 220 g/mol. The number of rotatable bonds is 3. The fourth-order valence-electron chi connectivity index (χ4n) is 2.72. The van der Waals surface area contributed by atoms with Gasteiger partial charge in [-0.1, -0.05) is 19.9 Å². The number of hydrogen-bond acceptors (Lipinski definition) is 2. The molecule has 1 N–H and O–H groups in total. The van der Waals surface area contributed by atoms with Crippen LogP contribution in [0.3, 0.4) is 0 Å². The van der Waals surface area contributed by atoms with E-state index in [2.05, 4.69) is 56.1 Å². The van der Waals surface area contributed by atoms with Gasteiger partial charge in [0, 0.05) is 30.9 Å². The Hall–Kier alpha value is -1.02. The van der Waals surface area contributed by atoms with Gasteiger partial charge >= 0.3 is 0 Å². The largest absolute Gasteiger partial charge is 0.366 e. The van der Waals surface area contributed by atoms with Crippen molar-refractivity contribution in [2.45, 2.75) is 52.6 Å². The smallest absolute Gasteiger partial charge is 0.0412 e. The molecule has 0 spiro atoms. The second-order valence-electron chi connectivity index (χ2n) is 5.50. The summed E-state index contributed by atoms with van der Waals surface area (Å²) in [6, 6.07) is 8.14. The third-order valence-electron chi connectivity index (χ3n) is 4.29. The van der Waals surface area contributed by atoms with Crippen molar-refractivity contribution in [2.75, 3.05) is 18.0 Å². The quantitative estimate of drug-likeness (QED) is 0.880. The maximum Gasteiger partial charge on any atom is 0.0412 e. The van der Waals surface area contributed by atoms with Crippen molar-refractivity contribution < 1.29 is 0 Å². The molecule has 100 valence electrons. The van der Waals surface area contributed by atoms with Crippen molar-refractivity contribution in [3.8, 4) is 0 Å². The Morgan fingerprint density at radius 3 is 2.56 bits per heavy atom. The van der Waals surface area contributed by atoms with Gasteiger partial charge < -0.3 is 10.2 Å². The summed E-state index contributed by atoms with van der Waals surface area (Å²) >= 11 is 0. The number of piperazine rings is 1. The van der Waals surface area contributed by atoms with Crippen LogP contribution in [0.25, 0.3) is 0 Å². The first-order valence-corrected chi connectivity index (χ1v) is 7.23. The molecule has 1 aliphatic rings. The lowest BCUT2D eigenvalue weighted by molar-refractivity contribution is 0.379. The lowest BCUT2D eigenvalue weighted by Crippen LogP contribution is -2.56. The predicted octanol–water partition coefficient (Wildman–Crippen LogP) is 3.27. The molecule has 18 heavy (non-hydrogen) atoms. The fraction of sp³-hybridized carbons (Fsp3) is 0.625. The Balaban J connectivity index is 2.23. The highest BCUT2D eigenvalue weighted by Gasteiger charge is 2.25. The van der Waals surface area contributed by atoms with E-state index in [-0.39, 0.29) is 0 Å². The standard InChI is InChI=1S/C16H26N2/c1-5-14-11-18(15(6-2)10-17-14)16-8-7-12(3)13(4)9-16/h7-9,14-15,17H,5-6,10-11H2,1-4H3. The molecule has 0 saturated carbocycles. The van der Waals surface area contributed by atoms with Crippen molar-refractivity contribution in [3.05, 3.63) is 29.3 Å². The maximum atomic E-state index is 3.65. The molecule has 1 aliphatic heterocycles. The first-order valence-electron chi connectivity index (χ1n) is 7.23. The highest BCUT2D eigenvalue weighted by atomic mass is 15.2. The third kappa shape index (κ3) is 2.69. The molecule has 0 aromatic heterocycles. The van der Waals surface area contributed by atoms with Crippen molar-refractivity contribution in [1.29, 1.82) is 0 Å². The number of aryl methyl sites for hydroxylation is 2. The van der Waals surface area contributed by atoms with Crippen LogP contribution in [0.4, 0.5) is 5.69 Å². The minimum atomic E-state index is 0.634. The van der Waals surface area contributed by atoms with Gasteiger partial charge in [0.15, 0.2) is 0 Å². The number of nitrogens with zero attached hydrogens (tertiary/aromatic N) is 1. The third-order valence-corrected chi connectivity index (χ3v) is 4.29. The second kappa shape index (κ2) is 5.75. The molecule has 2 unspecified atom stereocenters. The van der Waals surface area contributed by atoms with Gasteiger partial charge in [-0.3, -0.25) is 0 Å². The molecule has 0 aliphatic carbocycles. The molecule has 2 rings (SSSR count). The Morgan fingerprint density at radius 2 is 1.94 bits per heavy atom. The summed E-state index contributed by atoms with van der Waals surface area (Å²) in [5.41, 5.74) is 4.17. The zero-order valence-electron chi connectivity index (χ0n) is 12.2. The van der Waals surface area contributed by atoms with E-state index in [1.54, 1.807) is 0 Å². The zero-order valence-corrected chi connectivity index (χ0v) is 12.2. The normalized spacial score (nSPS) is 24.3. The van der Waals surface area contributed by atoms with Crippen molar-refractivity contribution >= 4 is 5.69 Å². The summed E-state index contributed by atoms with van der Waals surface area (Å²) < 4.78 is 0. The molecule has 0 bridgehead atoms.